The number of nitro benzene ring substituents is 1. The lowest BCUT2D eigenvalue weighted by Crippen LogP contribution is -2.12. The topological polar surface area (TPSA) is 85.1 Å². The van der Waals surface area contributed by atoms with Crippen molar-refractivity contribution in [3.8, 4) is 11.3 Å². The van der Waals surface area contributed by atoms with Gasteiger partial charge in [-0.25, -0.2) is 4.98 Å². The first kappa shape index (κ1) is 17.3. The van der Waals surface area contributed by atoms with Crippen molar-refractivity contribution < 1.29 is 9.72 Å². The molecule has 0 radical (unpaired) electrons. The molecule has 126 valence electrons. The highest BCUT2D eigenvalue weighted by Gasteiger charge is 2.17. The second kappa shape index (κ2) is 7.18. The molecule has 0 unspecified atom stereocenters. The van der Waals surface area contributed by atoms with Crippen molar-refractivity contribution in [2.45, 2.75) is 0 Å². The third-order valence-electron chi connectivity index (χ3n) is 3.27. The van der Waals surface area contributed by atoms with Crippen LogP contribution < -0.4 is 5.32 Å². The minimum atomic E-state index is -0.588. The molecule has 0 aliphatic rings. The lowest BCUT2D eigenvalue weighted by atomic mass is 10.2. The fraction of sp³-hybridized carbons (Fsp3) is 0. The van der Waals surface area contributed by atoms with Crippen LogP contribution in [0.3, 0.4) is 0 Å². The van der Waals surface area contributed by atoms with Crippen molar-refractivity contribution in [1.82, 2.24) is 4.98 Å². The first-order valence-corrected chi connectivity index (χ1v) is 8.54. The first-order chi connectivity index (χ1) is 11.9. The summed E-state index contributed by atoms with van der Waals surface area (Å²) in [6.45, 7) is 0. The number of nitro groups is 1. The van der Waals surface area contributed by atoms with E-state index in [1.165, 1.54) is 23.5 Å². The molecule has 6 nitrogen and oxygen atoms in total. The number of halogens is 2. The number of hydrogen-bond acceptors (Lipinski definition) is 5. The number of anilines is 1. The molecule has 0 bridgehead atoms. The molecule has 0 atom stereocenters. The largest absolute Gasteiger partial charge is 0.298 e. The number of carbonyl (C=O) groups is 1. The Balaban J connectivity index is 1.81. The molecular weight excluding hydrogens is 385 g/mol. The molecule has 3 rings (SSSR count). The summed E-state index contributed by atoms with van der Waals surface area (Å²) in [6.07, 6.45) is 0. The van der Waals surface area contributed by atoms with Crippen molar-refractivity contribution in [3.63, 3.8) is 0 Å². The second-order valence-electron chi connectivity index (χ2n) is 4.92. The van der Waals surface area contributed by atoms with E-state index >= 15 is 0 Å². The van der Waals surface area contributed by atoms with Gasteiger partial charge in [-0.3, -0.25) is 20.2 Å². The van der Waals surface area contributed by atoms with Gasteiger partial charge in [-0.05, 0) is 18.2 Å². The number of hydrogen-bond donors (Lipinski definition) is 1. The highest BCUT2D eigenvalue weighted by atomic mass is 35.5. The third-order valence-corrected chi connectivity index (χ3v) is 4.61. The number of aromatic nitrogens is 1. The molecule has 2 aromatic carbocycles. The van der Waals surface area contributed by atoms with Crippen LogP contribution in [0.4, 0.5) is 10.8 Å². The zero-order valence-corrected chi connectivity index (χ0v) is 14.7. The fourth-order valence-corrected chi connectivity index (χ4v) is 3.09. The number of rotatable bonds is 4. The van der Waals surface area contributed by atoms with E-state index in [0.29, 0.717) is 15.8 Å². The van der Waals surface area contributed by atoms with Gasteiger partial charge in [-0.2, -0.15) is 0 Å². The highest BCUT2D eigenvalue weighted by Crippen LogP contribution is 2.27. The van der Waals surface area contributed by atoms with Gasteiger partial charge in [0.15, 0.2) is 5.13 Å². The van der Waals surface area contributed by atoms with E-state index in [0.717, 1.165) is 11.6 Å². The first-order valence-electron chi connectivity index (χ1n) is 6.91. The Morgan fingerprint density at radius 1 is 1.16 bits per heavy atom. The molecule has 0 saturated carbocycles. The summed E-state index contributed by atoms with van der Waals surface area (Å²) < 4.78 is 0. The average Bonchev–Trinajstić information content (AvgIpc) is 3.04. The minimum absolute atomic E-state index is 0.0131. The van der Waals surface area contributed by atoms with Gasteiger partial charge in [0.1, 0.15) is 0 Å². The van der Waals surface area contributed by atoms with Crippen LogP contribution in [0.15, 0.2) is 47.8 Å². The molecule has 3 aromatic rings. The van der Waals surface area contributed by atoms with Crippen LogP contribution in [0.25, 0.3) is 11.3 Å². The van der Waals surface area contributed by atoms with Crippen LogP contribution in [-0.4, -0.2) is 15.8 Å². The lowest BCUT2D eigenvalue weighted by Gasteiger charge is -2.04. The molecule has 0 aliphatic carbocycles. The number of thiazole rings is 1. The summed E-state index contributed by atoms with van der Waals surface area (Å²) in [5, 5.41) is 16.3. The molecule has 0 spiro atoms. The third kappa shape index (κ3) is 3.96. The van der Waals surface area contributed by atoms with Crippen LogP contribution in [0.2, 0.25) is 10.0 Å². The van der Waals surface area contributed by atoms with Gasteiger partial charge in [0, 0.05) is 28.1 Å². The Bertz CT molecular complexity index is 958. The molecular formula is C16H9Cl2N3O3S. The summed E-state index contributed by atoms with van der Waals surface area (Å²) in [5.74, 6) is -0.564. The Morgan fingerprint density at radius 3 is 2.56 bits per heavy atom. The fourth-order valence-electron chi connectivity index (χ4n) is 2.05. The predicted octanol–water partition coefficient (Wildman–Crippen LogP) is 5.28. The van der Waals surface area contributed by atoms with Crippen molar-refractivity contribution in [3.05, 3.63) is 73.6 Å². The molecule has 0 fully saturated rings. The van der Waals surface area contributed by atoms with Crippen molar-refractivity contribution in [1.29, 1.82) is 0 Å². The number of non-ortho nitro benzene ring substituents is 1. The zero-order valence-electron chi connectivity index (χ0n) is 12.4. The molecule has 1 heterocycles. The van der Waals surface area contributed by atoms with Crippen LogP contribution in [0, 0.1) is 10.1 Å². The van der Waals surface area contributed by atoms with Gasteiger partial charge in [0.2, 0.25) is 0 Å². The maximum absolute atomic E-state index is 12.3. The van der Waals surface area contributed by atoms with Gasteiger partial charge in [-0.1, -0.05) is 35.3 Å². The Hall–Kier alpha value is -2.48. The predicted molar refractivity (Wildman–Crippen MR) is 98.6 cm³/mol. The molecule has 25 heavy (non-hydrogen) atoms. The van der Waals surface area contributed by atoms with E-state index < -0.39 is 10.8 Å². The van der Waals surface area contributed by atoms with E-state index in [1.54, 1.807) is 17.5 Å². The summed E-state index contributed by atoms with van der Waals surface area (Å²) in [6, 6.07) is 10.8. The van der Waals surface area contributed by atoms with Gasteiger partial charge < -0.3 is 0 Å². The number of nitrogens with zero attached hydrogens (tertiary/aromatic N) is 2. The summed E-state index contributed by atoms with van der Waals surface area (Å²) in [7, 11) is 0. The molecule has 0 saturated heterocycles. The molecule has 0 aliphatic heterocycles. The SMILES string of the molecule is O=C(Nc1nc(-c2ccc(Cl)cc2)cs1)c1cc([N+](=O)[O-])ccc1Cl. The zero-order chi connectivity index (χ0) is 18.0. The van der Waals surface area contributed by atoms with Gasteiger partial charge in [0.05, 0.1) is 21.2 Å². The number of carbonyl (C=O) groups excluding carboxylic acids is 1. The molecule has 1 aromatic heterocycles. The normalized spacial score (nSPS) is 10.5. The quantitative estimate of drug-likeness (QED) is 0.482. The van der Waals surface area contributed by atoms with E-state index in [4.69, 9.17) is 23.2 Å². The molecule has 1 N–H and O–H groups in total. The van der Waals surface area contributed by atoms with E-state index in [2.05, 4.69) is 10.3 Å². The molecule has 1 amide bonds. The Morgan fingerprint density at radius 2 is 1.88 bits per heavy atom. The van der Waals surface area contributed by atoms with Crippen molar-refractivity contribution in [2.75, 3.05) is 5.32 Å². The van der Waals surface area contributed by atoms with Crippen LogP contribution >= 0.6 is 34.5 Å². The summed E-state index contributed by atoms with van der Waals surface area (Å²) in [5.41, 5.74) is 1.34. The summed E-state index contributed by atoms with van der Waals surface area (Å²) in [4.78, 5) is 26.9. The Labute approximate surface area is 156 Å². The number of amides is 1. The van der Waals surface area contributed by atoms with Crippen LogP contribution in [-0.2, 0) is 0 Å². The highest BCUT2D eigenvalue weighted by molar-refractivity contribution is 7.14. The number of benzene rings is 2. The number of nitrogens with one attached hydrogen (secondary N) is 1. The minimum Gasteiger partial charge on any atom is -0.298 e. The van der Waals surface area contributed by atoms with Gasteiger partial charge in [-0.15, -0.1) is 11.3 Å². The maximum Gasteiger partial charge on any atom is 0.270 e. The van der Waals surface area contributed by atoms with Crippen molar-refractivity contribution >= 4 is 51.3 Å². The lowest BCUT2D eigenvalue weighted by molar-refractivity contribution is -0.384. The van der Waals surface area contributed by atoms with Crippen molar-refractivity contribution in [2.24, 2.45) is 0 Å². The monoisotopic (exact) mass is 393 g/mol. The van der Waals surface area contributed by atoms with E-state index in [9.17, 15) is 14.9 Å². The standard InChI is InChI=1S/C16H9Cl2N3O3S/c17-10-3-1-9(2-4-10)14-8-25-16(19-14)20-15(22)12-7-11(21(23)24)5-6-13(12)18/h1-8H,(H,19,20,22). The van der Waals surface area contributed by atoms with E-state index in [-0.39, 0.29) is 16.3 Å². The smallest absolute Gasteiger partial charge is 0.270 e. The van der Waals surface area contributed by atoms with E-state index in [1.807, 2.05) is 12.1 Å². The van der Waals surface area contributed by atoms with Gasteiger partial charge in [0.25, 0.3) is 11.6 Å². The maximum atomic E-state index is 12.3. The van der Waals surface area contributed by atoms with Gasteiger partial charge >= 0.3 is 0 Å². The second-order valence-corrected chi connectivity index (χ2v) is 6.62. The summed E-state index contributed by atoms with van der Waals surface area (Å²) >= 11 is 13.1. The Kier molecular flexibility index (Phi) is 4.98. The molecule has 9 heteroatoms. The van der Waals surface area contributed by atoms with Crippen LogP contribution in [0.5, 0.6) is 0 Å². The average molecular weight is 394 g/mol. The van der Waals surface area contributed by atoms with Crippen LogP contribution in [0.1, 0.15) is 10.4 Å².